The van der Waals surface area contributed by atoms with Crippen LogP contribution in [-0.4, -0.2) is 39.0 Å². The molecular formula is C17H17NO3S. The Kier molecular flexibility index (Phi) is 3.11. The molecule has 22 heavy (non-hydrogen) atoms. The average molecular weight is 315 g/mol. The Morgan fingerprint density at radius 2 is 1.55 bits per heavy atom. The molecule has 0 bridgehead atoms. The fourth-order valence-electron chi connectivity index (χ4n) is 3.13. The van der Waals surface area contributed by atoms with Gasteiger partial charge in [-0.3, -0.25) is 0 Å². The number of rotatable bonds is 3. The average Bonchev–Trinajstić information content (AvgIpc) is 2.45. The normalized spacial score (nSPS) is 20.4. The summed E-state index contributed by atoms with van der Waals surface area (Å²) in [6.45, 7) is 2.50. The Morgan fingerprint density at radius 3 is 2.18 bits per heavy atom. The number of hydrogen-bond donors (Lipinski definition) is 0. The smallest absolute Gasteiger partial charge is 0.243 e. The molecule has 2 aliphatic heterocycles. The molecular weight excluding hydrogens is 298 g/mol. The molecule has 114 valence electrons. The summed E-state index contributed by atoms with van der Waals surface area (Å²) < 4.78 is 32.6. The zero-order valence-corrected chi connectivity index (χ0v) is 12.9. The van der Waals surface area contributed by atoms with Crippen LogP contribution >= 0.6 is 0 Å². The molecule has 0 amide bonds. The topological polar surface area (TPSA) is 46.6 Å². The summed E-state index contributed by atoms with van der Waals surface area (Å²) in [7, 11) is -3.45. The van der Waals surface area contributed by atoms with Crippen molar-refractivity contribution in [3.05, 3.63) is 54.6 Å². The minimum absolute atomic E-state index is 0.0781. The van der Waals surface area contributed by atoms with E-state index in [1.165, 1.54) is 0 Å². The second kappa shape index (κ2) is 4.91. The van der Waals surface area contributed by atoms with Crippen LogP contribution in [-0.2, 0) is 14.8 Å². The second-order valence-corrected chi connectivity index (χ2v) is 8.03. The molecule has 2 aliphatic rings. The van der Waals surface area contributed by atoms with Gasteiger partial charge in [-0.2, -0.15) is 4.31 Å². The molecule has 0 atom stereocenters. The molecule has 0 radical (unpaired) electrons. The third-order valence-corrected chi connectivity index (χ3v) is 6.28. The molecule has 1 spiro atoms. The molecule has 4 rings (SSSR count). The van der Waals surface area contributed by atoms with Gasteiger partial charge in [0.25, 0.3) is 0 Å². The minimum Gasteiger partial charge on any atom is -0.380 e. The van der Waals surface area contributed by atoms with E-state index in [0.29, 0.717) is 31.2 Å². The van der Waals surface area contributed by atoms with E-state index >= 15 is 0 Å². The number of sulfonamides is 1. The van der Waals surface area contributed by atoms with Gasteiger partial charge in [-0.1, -0.05) is 48.5 Å². The summed E-state index contributed by atoms with van der Waals surface area (Å²) in [5.41, 5.74) is 1.76. The molecule has 0 N–H and O–H groups in total. The summed E-state index contributed by atoms with van der Waals surface area (Å²) in [5, 5.41) is 0. The van der Waals surface area contributed by atoms with Gasteiger partial charge in [0.05, 0.1) is 18.1 Å². The highest BCUT2D eigenvalue weighted by Crippen LogP contribution is 2.41. The second-order valence-electron chi connectivity index (χ2n) is 6.13. The molecule has 5 heteroatoms. The predicted octanol–water partition coefficient (Wildman–Crippen LogP) is 2.37. The van der Waals surface area contributed by atoms with Crippen molar-refractivity contribution in [2.75, 3.05) is 26.3 Å². The van der Waals surface area contributed by atoms with Gasteiger partial charge in [0.15, 0.2) is 0 Å². The van der Waals surface area contributed by atoms with Crippen LogP contribution in [0.25, 0.3) is 11.1 Å². The number of nitrogens with zero attached hydrogens (tertiary/aromatic N) is 1. The van der Waals surface area contributed by atoms with E-state index in [1.54, 1.807) is 16.4 Å². The number of benzene rings is 2. The van der Waals surface area contributed by atoms with E-state index in [1.807, 2.05) is 42.5 Å². The van der Waals surface area contributed by atoms with Crippen LogP contribution in [0.1, 0.15) is 0 Å². The third kappa shape index (κ3) is 2.08. The van der Waals surface area contributed by atoms with Crippen molar-refractivity contribution in [2.24, 2.45) is 5.41 Å². The molecule has 2 saturated heterocycles. The van der Waals surface area contributed by atoms with Crippen LogP contribution < -0.4 is 0 Å². The van der Waals surface area contributed by atoms with E-state index in [-0.39, 0.29) is 5.41 Å². The van der Waals surface area contributed by atoms with Crippen LogP contribution in [0.5, 0.6) is 0 Å². The van der Waals surface area contributed by atoms with Crippen molar-refractivity contribution in [3.8, 4) is 11.1 Å². The lowest BCUT2D eigenvalue weighted by atomic mass is 9.80. The molecule has 0 aliphatic carbocycles. The summed E-state index contributed by atoms with van der Waals surface area (Å²) in [6, 6.07) is 16.9. The van der Waals surface area contributed by atoms with Gasteiger partial charge in [0.1, 0.15) is 0 Å². The van der Waals surface area contributed by atoms with Crippen LogP contribution in [0.15, 0.2) is 59.5 Å². The fourth-order valence-corrected chi connectivity index (χ4v) is 5.01. The third-order valence-electron chi connectivity index (χ3n) is 4.43. The van der Waals surface area contributed by atoms with Crippen molar-refractivity contribution in [1.82, 2.24) is 4.31 Å². The number of ether oxygens (including phenoxy) is 1. The molecule has 0 aromatic heterocycles. The zero-order chi connectivity index (χ0) is 15.2. The maximum absolute atomic E-state index is 12.9. The predicted molar refractivity (Wildman–Crippen MR) is 83.9 cm³/mol. The quantitative estimate of drug-likeness (QED) is 0.873. The maximum atomic E-state index is 12.9. The molecule has 2 aromatic rings. The monoisotopic (exact) mass is 315 g/mol. The van der Waals surface area contributed by atoms with Crippen molar-refractivity contribution < 1.29 is 13.2 Å². The van der Waals surface area contributed by atoms with Crippen molar-refractivity contribution in [3.63, 3.8) is 0 Å². The lowest BCUT2D eigenvalue weighted by Gasteiger charge is -2.54. The highest BCUT2D eigenvalue weighted by Gasteiger charge is 2.53. The Labute approximate surface area is 130 Å². The van der Waals surface area contributed by atoms with E-state index in [4.69, 9.17) is 4.74 Å². The van der Waals surface area contributed by atoms with Crippen molar-refractivity contribution in [2.45, 2.75) is 4.90 Å². The molecule has 2 aromatic carbocycles. The van der Waals surface area contributed by atoms with Gasteiger partial charge < -0.3 is 4.74 Å². The SMILES string of the molecule is O=S(=O)(c1ccccc1-c1ccccc1)N1CC2(COC2)C1. The first kappa shape index (κ1) is 13.9. The first-order valence-corrected chi connectivity index (χ1v) is 8.77. The van der Waals surface area contributed by atoms with Gasteiger partial charge in [0.2, 0.25) is 10.0 Å². The summed E-state index contributed by atoms with van der Waals surface area (Å²) in [4.78, 5) is 0.385. The summed E-state index contributed by atoms with van der Waals surface area (Å²) >= 11 is 0. The van der Waals surface area contributed by atoms with E-state index in [9.17, 15) is 8.42 Å². The van der Waals surface area contributed by atoms with Crippen LogP contribution in [0.3, 0.4) is 0 Å². The largest absolute Gasteiger partial charge is 0.380 e. The molecule has 2 fully saturated rings. The first-order valence-electron chi connectivity index (χ1n) is 7.33. The van der Waals surface area contributed by atoms with E-state index in [2.05, 4.69) is 0 Å². The van der Waals surface area contributed by atoms with Gasteiger partial charge in [-0.25, -0.2) is 8.42 Å². The highest BCUT2D eigenvalue weighted by molar-refractivity contribution is 7.89. The highest BCUT2D eigenvalue weighted by atomic mass is 32.2. The van der Waals surface area contributed by atoms with Crippen LogP contribution in [0.4, 0.5) is 0 Å². The van der Waals surface area contributed by atoms with Gasteiger partial charge in [-0.15, -0.1) is 0 Å². The fraction of sp³-hybridized carbons (Fsp3) is 0.294. The van der Waals surface area contributed by atoms with Gasteiger partial charge in [-0.05, 0) is 11.6 Å². The first-order chi connectivity index (χ1) is 10.6. The molecule has 4 nitrogen and oxygen atoms in total. The van der Waals surface area contributed by atoms with E-state index < -0.39 is 10.0 Å². The van der Waals surface area contributed by atoms with Crippen molar-refractivity contribution >= 4 is 10.0 Å². The number of hydrogen-bond acceptors (Lipinski definition) is 3. The van der Waals surface area contributed by atoms with Crippen LogP contribution in [0.2, 0.25) is 0 Å². The zero-order valence-electron chi connectivity index (χ0n) is 12.1. The Balaban J connectivity index is 1.71. The lowest BCUT2D eigenvalue weighted by molar-refractivity contribution is -0.166. The Hall–Kier alpha value is -1.69. The molecule has 0 saturated carbocycles. The Bertz CT molecular complexity index is 790. The summed E-state index contributed by atoms with van der Waals surface area (Å²) in [5.74, 6) is 0. The minimum atomic E-state index is -3.45. The van der Waals surface area contributed by atoms with Gasteiger partial charge >= 0.3 is 0 Å². The van der Waals surface area contributed by atoms with Crippen LogP contribution in [0, 0.1) is 5.41 Å². The van der Waals surface area contributed by atoms with Gasteiger partial charge in [0, 0.05) is 24.1 Å². The molecule has 2 heterocycles. The van der Waals surface area contributed by atoms with E-state index in [0.717, 1.165) is 11.1 Å². The standard InChI is InChI=1S/C17H17NO3S/c19-22(20,18-10-17(11-18)12-21-13-17)16-9-5-4-8-15(16)14-6-2-1-3-7-14/h1-9H,10-13H2. The maximum Gasteiger partial charge on any atom is 0.243 e. The summed E-state index contributed by atoms with van der Waals surface area (Å²) in [6.07, 6.45) is 0. The van der Waals surface area contributed by atoms with Crippen molar-refractivity contribution in [1.29, 1.82) is 0 Å². The molecule has 0 unspecified atom stereocenters. The lowest BCUT2D eigenvalue weighted by Crippen LogP contribution is -2.66. The Morgan fingerprint density at radius 1 is 0.909 bits per heavy atom.